The number of unbranched alkanes of at least 4 members (excludes halogenated alkanes) is 2. The Balaban J connectivity index is 1.53. The molecule has 0 saturated heterocycles. The Morgan fingerprint density at radius 1 is 0.875 bits per heavy atom. The molecule has 16 heteroatoms. The largest absolute Gasteiger partial charge is 0.418 e. The highest BCUT2D eigenvalue weighted by Crippen LogP contribution is 2.36. The van der Waals surface area contributed by atoms with Crippen LogP contribution in [0.2, 0.25) is 0 Å². The highest BCUT2D eigenvalue weighted by atomic mass is 32.2. The quantitative estimate of drug-likeness (QED) is 0.0857. The molecule has 0 bridgehead atoms. The zero-order chi connectivity index (χ0) is 40.8. The fourth-order valence-electron chi connectivity index (χ4n) is 5.98. The van der Waals surface area contributed by atoms with Gasteiger partial charge in [-0.1, -0.05) is 57.0 Å². The molecule has 0 aliphatic heterocycles. The van der Waals surface area contributed by atoms with E-state index < -0.39 is 67.2 Å². The summed E-state index contributed by atoms with van der Waals surface area (Å²) in [5, 5.41) is 17.4. The molecule has 0 fully saturated rings. The number of hydrogen-bond donors (Lipinski definition) is 2. The molecule has 1 aromatic heterocycles. The van der Waals surface area contributed by atoms with Gasteiger partial charge in [0, 0.05) is 29.7 Å². The number of nitriles is 1. The Kier molecular flexibility index (Phi) is 12.7. The third-order valence-electron chi connectivity index (χ3n) is 8.86. The van der Waals surface area contributed by atoms with E-state index in [-0.39, 0.29) is 52.0 Å². The van der Waals surface area contributed by atoms with Crippen LogP contribution < -0.4 is 10.0 Å². The summed E-state index contributed by atoms with van der Waals surface area (Å²) in [4.78, 5) is 25.0. The predicted molar refractivity (Wildman–Crippen MR) is 195 cm³/mol. The van der Waals surface area contributed by atoms with Crippen molar-refractivity contribution in [2.45, 2.75) is 63.4 Å². The lowest BCUT2D eigenvalue weighted by Gasteiger charge is -2.15. The molecule has 292 valence electrons. The van der Waals surface area contributed by atoms with E-state index in [9.17, 15) is 45.2 Å². The van der Waals surface area contributed by atoms with E-state index in [0.717, 1.165) is 47.5 Å². The van der Waals surface area contributed by atoms with Gasteiger partial charge < -0.3 is 5.32 Å². The molecule has 0 unspecified atom stereocenters. The summed E-state index contributed by atoms with van der Waals surface area (Å²) in [6.07, 6.45) is -2.30. The number of nitrogens with zero attached hydrogens (tertiary/aromatic N) is 3. The lowest BCUT2D eigenvalue weighted by Crippen LogP contribution is -2.31. The number of hydrogen-bond acceptors (Lipinski definition) is 6. The first-order chi connectivity index (χ1) is 26.6. The number of amides is 2. The van der Waals surface area contributed by atoms with Gasteiger partial charge in [0.1, 0.15) is 29.2 Å². The van der Waals surface area contributed by atoms with E-state index in [1.54, 1.807) is 4.72 Å². The molecule has 4 aromatic carbocycles. The summed E-state index contributed by atoms with van der Waals surface area (Å²) in [6, 6.07) is 15.7. The zero-order valence-corrected chi connectivity index (χ0v) is 30.9. The summed E-state index contributed by atoms with van der Waals surface area (Å²) in [5.74, 6) is -5.03. The van der Waals surface area contributed by atoms with Crippen LogP contribution in [0, 0.1) is 28.8 Å². The molecule has 2 amide bonds. The van der Waals surface area contributed by atoms with E-state index >= 15 is 4.39 Å². The summed E-state index contributed by atoms with van der Waals surface area (Å²) in [6.45, 7) is 4.10. The van der Waals surface area contributed by atoms with Gasteiger partial charge in [-0.2, -0.15) is 23.5 Å². The number of nitrogens with one attached hydrogen (secondary N) is 2. The molecule has 0 saturated carbocycles. The van der Waals surface area contributed by atoms with Gasteiger partial charge >= 0.3 is 6.18 Å². The van der Waals surface area contributed by atoms with Gasteiger partial charge in [-0.05, 0) is 78.9 Å². The maximum atomic E-state index is 16.0. The van der Waals surface area contributed by atoms with Gasteiger partial charge in [-0.25, -0.2) is 31.0 Å². The Labute approximate surface area is 319 Å². The minimum Gasteiger partial charge on any atom is -0.352 e. The number of benzene rings is 4. The number of carbonyl (C=O) groups excluding carboxylic acids is 2. The van der Waals surface area contributed by atoms with Crippen LogP contribution in [0.3, 0.4) is 0 Å². The number of alkyl halides is 3. The highest BCUT2D eigenvalue weighted by Gasteiger charge is 2.36. The zero-order valence-electron chi connectivity index (χ0n) is 30.1. The van der Waals surface area contributed by atoms with Gasteiger partial charge in [-0.3, -0.25) is 9.59 Å². The van der Waals surface area contributed by atoms with Gasteiger partial charge in [-0.15, -0.1) is 0 Å². The minimum absolute atomic E-state index is 0.00198. The average Bonchev–Trinajstić information content (AvgIpc) is 3.51. The van der Waals surface area contributed by atoms with E-state index in [0.29, 0.717) is 37.9 Å². The maximum Gasteiger partial charge on any atom is 0.418 e. The number of rotatable bonds is 14. The third kappa shape index (κ3) is 9.11. The highest BCUT2D eigenvalue weighted by molar-refractivity contribution is 7.90. The molecule has 56 heavy (non-hydrogen) atoms. The van der Waals surface area contributed by atoms with Crippen molar-refractivity contribution >= 4 is 21.8 Å². The second-order valence-electron chi connectivity index (χ2n) is 12.8. The van der Waals surface area contributed by atoms with Crippen molar-refractivity contribution in [1.82, 2.24) is 19.8 Å². The van der Waals surface area contributed by atoms with Crippen molar-refractivity contribution in [3.63, 3.8) is 0 Å². The van der Waals surface area contributed by atoms with Crippen molar-refractivity contribution in [3.8, 4) is 22.9 Å². The fraction of sp³-hybridized carbons (Fsp3) is 0.250. The van der Waals surface area contributed by atoms with Gasteiger partial charge in [0.15, 0.2) is 0 Å². The summed E-state index contributed by atoms with van der Waals surface area (Å²) >= 11 is 0. The SMILES string of the molecule is CCCCNC(=O)c1ccc(C(F)(F)F)c(-n2nc(CCCC)c(Cc3ccc(-c4ccccc4S(=O)(=O)NC(=O)c4cc(F)ccc4F)cc3F)c2C#N)c1. The molecular formula is C40H35F6N5O4S. The fourth-order valence-corrected chi connectivity index (χ4v) is 7.17. The van der Waals surface area contributed by atoms with Crippen molar-refractivity contribution in [2.24, 2.45) is 0 Å². The Morgan fingerprint density at radius 2 is 1.61 bits per heavy atom. The van der Waals surface area contributed by atoms with E-state index in [1.807, 2.05) is 19.9 Å². The van der Waals surface area contributed by atoms with Crippen LogP contribution in [-0.4, -0.2) is 36.6 Å². The molecule has 5 rings (SSSR count). The molecular weight excluding hydrogens is 761 g/mol. The molecule has 5 aromatic rings. The topological polar surface area (TPSA) is 134 Å². The first-order valence-corrected chi connectivity index (χ1v) is 19.0. The molecule has 0 aliphatic rings. The van der Waals surface area contributed by atoms with Crippen LogP contribution in [0.5, 0.6) is 0 Å². The number of sulfonamides is 1. The van der Waals surface area contributed by atoms with Gasteiger partial charge in [0.2, 0.25) is 0 Å². The monoisotopic (exact) mass is 795 g/mol. The smallest absolute Gasteiger partial charge is 0.352 e. The van der Waals surface area contributed by atoms with Crippen LogP contribution in [0.4, 0.5) is 26.3 Å². The molecule has 2 N–H and O–H groups in total. The molecule has 0 atom stereocenters. The van der Waals surface area contributed by atoms with Gasteiger partial charge in [0.25, 0.3) is 21.8 Å². The third-order valence-corrected chi connectivity index (χ3v) is 10.2. The van der Waals surface area contributed by atoms with Crippen LogP contribution in [0.25, 0.3) is 16.8 Å². The van der Waals surface area contributed by atoms with E-state index in [2.05, 4.69) is 10.4 Å². The average molecular weight is 796 g/mol. The Morgan fingerprint density at radius 3 is 2.29 bits per heavy atom. The second kappa shape index (κ2) is 17.2. The lowest BCUT2D eigenvalue weighted by molar-refractivity contribution is -0.137. The Bertz CT molecular complexity index is 2440. The summed E-state index contributed by atoms with van der Waals surface area (Å²) in [7, 11) is -4.73. The maximum absolute atomic E-state index is 16.0. The van der Waals surface area contributed by atoms with E-state index in [1.165, 1.54) is 30.3 Å². The molecule has 0 radical (unpaired) electrons. The number of aryl methyl sites for hydroxylation is 1. The number of carbonyl (C=O) groups is 2. The van der Waals surface area contributed by atoms with Crippen molar-refractivity contribution in [2.75, 3.05) is 6.54 Å². The molecule has 1 heterocycles. The van der Waals surface area contributed by atoms with Crippen LogP contribution >= 0.6 is 0 Å². The standard InChI is InChI=1S/C40H35F6N5O4S/c1-3-5-10-34-30(36(23-47)51(49-34)35-21-26(38(52)48-18-6-4-2)14-16-31(35)40(44,45)46)19-25-13-12-24(20-33(25)43)28-9-7-8-11-37(28)56(54,55)50-39(53)29-22-27(41)15-17-32(29)42/h7-9,11-17,20-22H,3-6,10,18-19H2,1-2H3,(H,48,52)(H,50,53). The van der Waals surface area contributed by atoms with Crippen LogP contribution in [0.1, 0.15) is 88.3 Å². The summed E-state index contributed by atoms with van der Waals surface area (Å²) < 4.78 is 116. The molecule has 0 spiro atoms. The van der Waals surface area contributed by atoms with E-state index in [4.69, 9.17) is 0 Å². The molecule has 9 nitrogen and oxygen atoms in total. The normalized spacial score (nSPS) is 11.6. The first kappa shape index (κ1) is 41.2. The number of aromatic nitrogens is 2. The minimum atomic E-state index is -4.89. The summed E-state index contributed by atoms with van der Waals surface area (Å²) in [5.41, 5.74) is -2.52. The van der Waals surface area contributed by atoms with Crippen molar-refractivity contribution in [3.05, 3.63) is 136 Å². The van der Waals surface area contributed by atoms with Crippen molar-refractivity contribution in [1.29, 1.82) is 5.26 Å². The van der Waals surface area contributed by atoms with Crippen LogP contribution in [0.15, 0.2) is 83.8 Å². The predicted octanol–water partition coefficient (Wildman–Crippen LogP) is 8.43. The van der Waals surface area contributed by atoms with Crippen LogP contribution in [-0.2, 0) is 29.0 Å². The Hall–Kier alpha value is -5.95. The molecule has 0 aliphatic carbocycles. The second-order valence-corrected chi connectivity index (χ2v) is 14.4. The first-order valence-electron chi connectivity index (χ1n) is 17.5. The number of halogens is 6. The van der Waals surface area contributed by atoms with Gasteiger partial charge in [0.05, 0.1) is 27.4 Å². The lowest BCUT2D eigenvalue weighted by atomic mass is 9.97. The van der Waals surface area contributed by atoms with Crippen molar-refractivity contribution < 1.29 is 44.3 Å².